The second-order valence-corrected chi connectivity index (χ2v) is 19.2. The minimum absolute atomic E-state index is 0.0580. The van der Waals surface area contributed by atoms with Crippen molar-refractivity contribution in [2.24, 2.45) is 46.4 Å². The number of fused-ring (bicyclic) bond motifs is 5. The van der Waals surface area contributed by atoms with Gasteiger partial charge in [0.05, 0.1) is 51.7 Å². The molecule has 330 valence electrons. The molecule has 0 spiro atoms. The van der Waals surface area contributed by atoms with Crippen LogP contribution in [0.25, 0.3) is 20.7 Å². The van der Waals surface area contributed by atoms with Crippen molar-refractivity contribution in [1.82, 2.24) is 9.78 Å². The first-order valence-corrected chi connectivity index (χ1v) is 22.8. The zero-order valence-corrected chi connectivity index (χ0v) is 38.2. The Bertz CT molecular complexity index is 3030. The molecule has 65 heavy (non-hydrogen) atoms. The van der Waals surface area contributed by atoms with Crippen LogP contribution in [-0.2, 0) is 26.2 Å². The molecule has 4 aliphatic rings. The lowest BCUT2D eigenvalue weighted by molar-refractivity contribution is -0.131. The number of phenols is 1. The Morgan fingerprint density at radius 1 is 0.892 bits per heavy atom. The summed E-state index contributed by atoms with van der Waals surface area (Å²) in [7, 11) is 5.65. The average molecular weight is 908 g/mol. The average Bonchev–Trinajstić information content (AvgIpc) is 3.97. The molecule has 6 aromatic rings. The molecule has 2 aliphatic heterocycles. The van der Waals surface area contributed by atoms with E-state index < -0.39 is 46.8 Å². The maximum Gasteiger partial charge on any atom is 0.242 e. The van der Waals surface area contributed by atoms with Crippen LogP contribution in [0.1, 0.15) is 43.7 Å². The van der Waals surface area contributed by atoms with Crippen LogP contribution in [0.5, 0.6) is 11.5 Å². The van der Waals surface area contributed by atoms with Crippen molar-refractivity contribution in [3.63, 3.8) is 0 Å². The molecule has 6 atom stereocenters. The van der Waals surface area contributed by atoms with Crippen LogP contribution in [0.4, 0.5) is 28.6 Å². The number of amides is 4. The molecule has 15 heteroatoms. The fourth-order valence-electron chi connectivity index (χ4n) is 10.7. The molecule has 0 radical (unpaired) electrons. The molecule has 6 unspecified atom stereocenters. The summed E-state index contributed by atoms with van der Waals surface area (Å²) in [5, 5.41) is 26.0. The SMILES string of the molecule is CCOc1cc(C2C3=CCC4C(=O)N(c5ccc(N=Nc6ccc(N(C)C)cc6)cc5)C(=O)C4C3CC3C(=O)N(c4cc(-c5sc6ccc(Cl)cc6c5C)nn4C)C(=O)C32C)ccc1O. The number of imide groups is 2. The molecule has 2 aromatic heterocycles. The topological polar surface area (TPSA) is 150 Å². The highest BCUT2D eigenvalue weighted by Gasteiger charge is 2.68. The summed E-state index contributed by atoms with van der Waals surface area (Å²) in [5.41, 5.74) is 4.48. The van der Waals surface area contributed by atoms with Gasteiger partial charge in [0.1, 0.15) is 11.5 Å². The van der Waals surface area contributed by atoms with E-state index in [4.69, 9.17) is 21.4 Å². The molecule has 4 amide bonds. The number of ether oxygens (including phenoxy) is 1. The first-order valence-electron chi connectivity index (χ1n) is 21.6. The predicted molar refractivity (Wildman–Crippen MR) is 252 cm³/mol. The van der Waals surface area contributed by atoms with Crippen molar-refractivity contribution < 1.29 is 29.0 Å². The maximum absolute atomic E-state index is 15.3. The lowest BCUT2D eigenvalue weighted by Gasteiger charge is -2.49. The Hall–Kier alpha value is -6.64. The highest BCUT2D eigenvalue weighted by molar-refractivity contribution is 7.22. The molecule has 0 bridgehead atoms. The molecular weight excluding hydrogens is 862 g/mol. The van der Waals surface area contributed by atoms with Crippen LogP contribution in [0.15, 0.2) is 113 Å². The van der Waals surface area contributed by atoms with Crippen LogP contribution in [0, 0.1) is 36.0 Å². The summed E-state index contributed by atoms with van der Waals surface area (Å²) >= 11 is 7.92. The van der Waals surface area contributed by atoms with E-state index in [-0.39, 0.29) is 42.8 Å². The van der Waals surface area contributed by atoms with Gasteiger partial charge in [-0.05, 0) is 135 Å². The standard InChI is InChI=1S/C50H46ClN7O6S/c1-7-64-40-22-27(8-20-39(40)59)44-33-18-19-34-43(48(62)57(46(34)60)32-16-12-30(13-17-32)53-52-29-10-14-31(15-11-29)55(4)5)36(33)24-37-47(61)58(49(63)50(37,44)3)42-25-38(54-56(42)6)45-26(2)35-23-28(51)9-21-41(35)65-45/h8-18,20-23,25,34,36-37,43-44,59H,7,19,24H2,1-6H3. The van der Waals surface area contributed by atoms with Gasteiger partial charge < -0.3 is 14.7 Å². The fourth-order valence-corrected chi connectivity index (χ4v) is 12.0. The number of halogens is 1. The lowest BCUT2D eigenvalue weighted by Crippen LogP contribution is -2.49. The summed E-state index contributed by atoms with van der Waals surface area (Å²) < 4.78 is 8.45. The van der Waals surface area contributed by atoms with Gasteiger partial charge in [0.15, 0.2) is 11.5 Å². The van der Waals surface area contributed by atoms with E-state index in [9.17, 15) is 14.7 Å². The Labute approximate surface area is 384 Å². The molecule has 3 fully saturated rings. The van der Waals surface area contributed by atoms with Crippen molar-refractivity contribution in [3.8, 4) is 22.1 Å². The normalized spacial score (nSPS) is 23.9. The number of allylic oxidation sites excluding steroid dienone is 2. The van der Waals surface area contributed by atoms with E-state index in [0.29, 0.717) is 39.2 Å². The number of rotatable bonds is 9. The van der Waals surface area contributed by atoms with Gasteiger partial charge in [0.25, 0.3) is 0 Å². The van der Waals surface area contributed by atoms with Gasteiger partial charge in [-0.15, -0.1) is 11.3 Å². The van der Waals surface area contributed by atoms with Gasteiger partial charge in [-0.2, -0.15) is 15.3 Å². The number of aromatic hydroxyl groups is 1. The van der Waals surface area contributed by atoms with Crippen LogP contribution in [0.2, 0.25) is 5.02 Å². The Morgan fingerprint density at radius 3 is 2.29 bits per heavy atom. The molecule has 10 rings (SSSR count). The van der Waals surface area contributed by atoms with E-state index in [1.807, 2.05) is 88.3 Å². The largest absolute Gasteiger partial charge is 0.504 e. The van der Waals surface area contributed by atoms with E-state index in [1.165, 1.54) is 15.9 Å². The summed E-state index contributed by atoms with van der Waals surface area (Å²) in [4.78, 5) is 65.0. The number of nitrogens with zero attached hydrogens (tertiary/aromatic N) is 7. The number of phenolic OH excluding ortho intramolecular Hbond substituents is 1. The van der Waals surface area contributed by atoms with Gasteiger partial charge >= 0.3 is 0 Å². The first kappa shape index (κ1) is 42.3. The highest BCUT2D eigenvalue weighted by Crippen LogP contribution is 2.64. The second-order valence-electron chi connectivity index (χ2n) is 17.7. The highest BCUT2D eigenvalue weighted by atomic mass is 35.5. The quantitative estimate of drug-likeness (QED) is 0.0856. The molecule has 1 saturated carbocycles. The molecule has 2 saturated heterocycles. The number of aryl methyl sites for hydroxylation is 2. The summed E-state index contributed by atoms with van der Waals surface area (Å²) in [6.07, 6.45) is 2.47. The van der Waals surface area contributed by atoms with Gasteiger partial charge in [0.2, 0.25) is 23.6 Å². The van der Waals surface area contributed by atoms with Crippen molar-refractivity contribution in [2.75, 3.05) is 35.4 Å². The minimum atomic E-state index is -1.31. The molecule has 4 heterocycles. The third kappa shape index (κ3) is 6.67. The number of aromatic nitrogens is 2. The summed E-state index contributed by atoms with van der Waals surface area (Å²) in [5.74, 6) is -4.46. The molecule has 4 aromatic carbocycles. The van der Waals surface area contributed by atoms with E-state index in [0.717, 1.165) is 31.8 Å². The number of thiophene rings is 1. The van der Waals surface area contributed by atoms with Crippen molar-refractivity contribution in [1.29, 1.82) is 0 Å². The maximum atomic E-state index is 15.3. The first-order chi connectivity index (χ1) is 31.2. The third-order valence-electron chi connectivity index (χ3n) is 13.9. The van der Waals surface area contributed by atoms with Gasteiger partial charge in [-0.25, -0.2) is 4.90 Å². The van der Waals surface area contributed by atoms with Crippen LogP contribution >= 0.6 is 22.9 Å². The Kier molecular flexibility index (Phi) is 10.3. The Balaban J connectivity index is 1.00. The molecule has 13 nitrogen and oxygen atoms in total. The van der Waals surface area contributed by atoms with Crippen LogP contribution < -0.4 is 19.4 Å². The van der Waals surface area contributed by atoms with Crippen LogP contribution in [0.3, 0.4) is 0 Å². The monoisotopic (exact) mass is 907 g/mol. The number of anilines is 3. The summed E-state index contributed by atoms with van der Waals surface area (Å²) in [6.45, 7) is 5.95. The molecule has 1 N–H and O–H groups in total. The molecule has 2 aliphatic carbocycles. The van der Waals surface area contributed by atoms with E-state index in [2.05, 4.69) is 10.2 Å². The summed E-state index contributed by atoms with van der Waals surface area (Å²) in [6, 6.07) is 27.1. The lowest BCUT2D eigenvalue weighted by atomic mass is 9.51. The van der Waals surface area contributed by atoms with Crippen LogP contribution in [-0.4, -0.2) is 59.2 Å². The zero-order chi connectivity index (χ0) is 45.6. The predicted octanol–water partition coefficient (Wildman–Crippen LogP) is 10.3. The van der Waals surface area contributed by atoms with Crippen molar-refractivity contribution in [2.45, 2.75) is 39.5 Å². The van der Waals surface area contributed by atoms with Gasteiger partial charge in [-0.3, -0.25) is 28.8 Å². The third-order valence-corrected chi connectivity index (χ3v) is 15.4. The van der Waals surface area contributed by atoms with E-state index >= 15 is 9.59 Å². The van der Waals surface area contributed by atoms with E-state index in [1.54, 1.807) is 65.5 Å². The molecular formula is C50H46ClN7O6S. The minimum Gasteiger partial charge on any atom is -0.504 e. The number of carbonyl (C=O) groups excluding carboxylic acids is 4. The van der Waals surface area contributed by atoms with Crippen molar-refractivity contribution >= 4 is 85.2 Å². The fraction of sp³-hybridized carbons (Fsp3) is 0.300. The smallest absolute Gasteiger partial charge is 0.242 e. The number of hydrogen-bond donors (Lipinski definition) is 1. The van der Waals surface area contributed by atoms with Gasteiger partial charge in [-0.1, -0.05) is 29.3 Å². The second kappa shape index (κ2) is 15.8. The zero-order valence-electron chi connectivity index (χ0n) is 36.7. The number of carbonyl (C=O) groups is 4. The number of hydrogen-bond acceptors (Lipinski definition) is 11. The number of benzene rings is 4. The Morgan fingerprint density at radius 2 is 1.60 bits per heavy atom. The van der Waals surface area contributed by atoms with Gasteiger partial charge in [0, 0.05) is 48.5 Å². The van der Waals surface area contributed by atoms with Crippen molar-refractivity contribution in [3.05, 3.63) is 119 Å². The number of azo groups is 1.